The highest BCUT2D eigenvalue weighted by Gasteiger charge is 2.10. The molecule has 0 spiro atoms. The highest BCUT2D eigenvalue weighted by Crippen LogP contribution is 2.36. The molecule has 0 bridgehead atoms. The van der Waals surface area contributed by atoms with Crippen LogP contribution in [0.3, 0.4) is 0 Å². The van der Waals surface area contributed by atoms with Gasteiger partial charge in [-0.1, -0.05) is 0 Å². The molecule has 0 heterocycles. The van der Waals surface area contributed by atoms with E-state index in [0.717, 1.165) is 20.1 Å². The summed E-state index contributed by atoms with van der Waals surface area (Å²) in [6.45, 7) is 0. The number of benzene rings is 2. The number of halogens is 3. The van der Waals surface area contributed by atoms with Gasteiger partial charge >= 0.3 is 0 Å². The molecular weight excluding hydrogens is 558 g/mol. The Kier molecular flexibility index (Phi) is 11.2. The van der Waals surface area contributed by atoms with E-state index >= 15 is 0 Å². The van der Waals surface area contributed by atoms with Gasteiger partial charge < -0.3 is 24.7 Å². The van der Waals surface area contributed by atoms with Crippen molar-refractivity contribution in [3.8, 4) is 23.0 Å². The molecular formula is C19H22Br2ClN5O4. The Balaban J connectivity index is 0.00000480. The first-order chi connectivity index (χ1) is 14.4. The van der Waals surface area contributed by atoms with E-state index in [1.165, 1.54) is 6.21 Å². The van der Waals surface area contributed by atoms with Crippen LogP contribution in [-0.2, 0) is 0 Å². The molecule has 0 fully saturated rings. The zero-order valence-electron chi connectivity index (χ0n) is 17.2. The topological polar surface area (TPSA) is 112 Å². The first-order valence-electron chi connectivity index (χ1n) is 8.42. The van der Waals surface area contributed by atoms with Crippen LogP contribution in [0.25, 0.3) is 0 Å². The summed E-state index contributed by atoms with van der Waals surface area (Å²) in [7, 11) is 6.24. The molecule has 0 unspecified atom stereocenters. The molecule has 0 aromatic heterocycles. The largest absolute Gasteiger partial charge is 0.493 e. The summed E-state index contributed by atoms with van der Waals surface area (Å²) in [5, 5.41) is 11.8. The molecule has 31 heavy (non-hydrogen) atoms. The van der Waals surface area contributed by atoms with E-state index in [2.05, 4.69) is 52.6 Å². The second-order valence-corrected chi connectivity index (χ2v) is 7.28. The summed E-state index contributed by atoms with van der Waals surface area (Å²) in [5.41, 5.74) is 9.87. The van der Waals surface area contributed by atoms with Crippen molar-refractivity contribution >= 4 is 62.7 Å². The fourth-order valence-corrected chi connectivity index (χ4v) is 3.62. The highest BCUT2D eigenvalue weighted by atomic mass is 79.9. The second-order valence-electron chi connectivity index (χ2n) is 5.58. The number of rotatable bonds is 8. The van der Waals surface area contributed by atoms with Crippen LogP contribution >= 0.6 is 44.3 Å². The van der Waals surface area contributed by atoms with Crippen LogP contribution in [0.15, 0.2) is 48.5 Å². The zero-order valence-corrected chi connectivity index (χ0v) is 21.2. The predicted molar refractivity (Wildman–Crippen MR) is 132 cm³/mol. The zero-order chi connectivity index (χ0) is 22.1. The predicted octanol–water partition coefficient (Wildman–Crippen LogP) is 3.94. The van der Waals surface area contributed by atoms with Gasteiger partial charge in [-0.2, -0.15) is 10.2 Å². The van der Waals surface area contributed by atoms with Gasteiger partial charge in [-0.25, -0.2) is 5.43 Å². The Morgan fingerprint density at radius 1 is 0.839 bits per heavy atom. The molecule has 12 heteroatoms. The fourth-order valence-electron chi connectivity index (χ4n) is 2.38. The van der Waals surface area contributed by atoms with Crippen molar-refractivity contribution in [2.75, 3.05) is 28.4 Å². The number of hydrogen-bond acceptors (Lipinski definition) is 7. The van der Waals surface area contributed by atoms with Crippen LogP contribution in [0, 0.1) is 0 Å². The third-order valence-corrected chi connectivity index (χ3v) is 4.85. The van der Waals surface area contributed by atoms with Gasteiger partial charge in [-0.05, 0) is 67.3 Å². The van der Waals surface area contributed by atoms with Crippen molar-refractivity contribution in [2.24, 2.45) is 21.0 Å². The summed E-state index contributed by atoms with van der Waals surface area (Å²) in [5.74, 6) is 2.34. The monoisotopic (exact) mass is 577 g/mol. The molecule has 0 amide bonds. The number of hydrazone groups is 1. The van der Waals surface area contributed by atoms with Crippen molar-refractivity contribution in [1.29, 1.82) is 0 Å². The lowest BCUT2D eigenvalue weighted by Gasteiger charge is -2.10. The molecule has 0 aliphatic rings. The molecule has 2 aromatic carbocycles. The first-order valence-corrected chi connectivity index (χ1v) is 10.0. The van der Waals surface area contributed by atoms with E-state index in [0.29, 0.717) is 23.0 Å². The maximum atomic E-state index is 5.77. The molecule has 168 valence electrons. The summed E-state index contributed by atoms with van der Waals surface area (Å²) < 4.78 is 22.6. The molecule has 3 N–H and O–H groups in total. The van der Waals surface area contributed by atoms with Gasteiger partial charge in [0.25, 0.3) is 0 Å². The lowest BCUT2D eigenvalue weighted by molar-refractivity contribution is 0.353. The minimum atomic E-state index is 0. The number of ether oxygens (including phenoxy) is 4. The fraction of sp³-hybridized carbons (Fsp3) is 0.211. The van der Waals surface area contributed by atoms with Crippen LogP contribution in [0.5, 0.6) is 23.0 Å². The van der Waals surface area contributed by atoms with Crippen molar-refractivity contribution < 1.29 is 18.9 Å². The Bertz CT molecular complexity index is 986. The second kappa shape index (κ2) is 13.0. The Hall–Kier alpha value is -2.50. The van der Waals surface area contributed by atoms with E-state index in [1.807, 2.05) is 12.1 Å². The van der Waals surface area contributed by atoms with Crippen LogP contribution in [0.2, 0.25) is 0 Å². The van der Waals surface area contributed by atoms with Crippen molar-refractivity contribution in [2.45, 2.75) is 0 Å². The van der Waals surface area contributed by atoms with Gasteiger partial charge in [0, 0.05) is 0 Å². The highest BCUT2D eigenvalue weighted by molar-refractivity contribution is 9.11. The van der Waals surface area contributed by atoms with Crippen molar-refractivity contribution in [3.63, 3.8) is 0 Å². The Labute approximate surface area is 203 Å². The first kappa shape index (κ1) is 26.5. The maximum absolute atomic E-state index is 5.77. The summed E-state index contributed by atoms with van der Waals surface area (Å²) in [6.07, 6.45) is 3.08. The van der Waals surface area contributed by atoms with Crippen molar-refractivity contribution in [3.05, 3.63) is 44.3 Å². The third-order valence-electron chi connectivity index (χ3n) is 3.68. The molecule has 0 radical (unpaired) electrons. The smallest absolute Gasteiger partial charge is 0.234 e. The van der Waals surface area contributed by atoms with Gasteiger partial charge in [0.15, 0.2) is 23.0 Å². The maximum Gasteiger partial charge on any atom is 0.234 e. The van der Waals surface area contributed by atoms with Gasteiger partial charge in [0.05, 0.1) is 49.8 Å². The van der Waals surface area contributed by atoms with Gasteiger partial charge in [-0.3, -0.25) is 0 Å². The Morgan fingerprint density at radius 3 is 1.77 bits per heavy atom. The average Bonchev–Trinajstić information content (AvgIpc) is 2.72. The molecule has 0 saturated carbocycles. The molecule has 0 saturated heterocycles. The minimum absolute atomic E-state index is 0. The number of nitrogens with zero attached hydrogens (tertiary/aromatic N) is 3. The number of guanidine groups is 1. The normalized spacial score (nSPS) is 11.4. The van der Waals surface area contributed by atoms with E-state index < -0.39 is 0 Å². The summed E-state index contributed by atoms with van der Waals surface area (Å²) >= 11 is 6.85. The standard InChI is InChI=1S/C19H21Br2N5O4.ClH/c1-27-15-7-11(5-13(20)17(15)29-3)9-23-25-19(22)26-24-10-12-6-14(21)18(30-4)16(8-12)28-2;/h5-10H,1-4H3,(H3,22,25,26);1H. The van der Waals surface area contributed by atoms with E-state index in [4.69, 9.17) is 24.7 Å². The molecule has 0 atom stereocenters. The third kappa shape index (κ3) is 7.30. The lowest BCUT2D eigenvalue weighted by atomic mass is 10.2. The molecule has 2 rings (SSSR count). The molecule has 9 nitrogen and oxygen atoms in total. The van der Waals surface area contributed by atoms with Crippen LogP contribution in [0.1, 0.15) is 11.1 Å². The van der Waals surface area contributed by atoms with Crippen molar-refractivity contribution in [1.82, 2.24) is 5.43 Å². The van der Waals surface area contributed by atoms with Crippen LogP contribution in [-0.4, -0.2) is 46.8 Å². The summed E-state index contributed by atoms with van der Waals surface area (Å²) in [4.78, 5) is 0. The molecule has 0 aliphatic heterocycles. The number of hydrogen-bond donors (Lipinski definition) is 2. The summed E-state index contributed by atoms with van der Waals surface area (Å²) in [6, 6.07) is 7.18. The molecule has 2 aromatic rings. The van der Waals surface area contributed by atoms with Gasteiger partial charge in [0.2, 0.25) is 5.96 Å². The number of methoxy groups -OCH3 is 4. The minimum Gasteiger partial charge on any atom is -0.493 e. The van der Waals surface area contributed by atoms with E-state index in [9.17, 15) is 0 Å². The van der Waals surface area contributed by atoms with E-state index in [-0.39, 0.29) is 18.4 Å². The van der Waals surface area contributed by atoms with Crippen LogP contribution in [0.4, 0.5) is 0 Å². The number of nitrogens with one attached hydrogen (secondary N) is 1. The quantitative estimate of drug-likeness (QED) is 0.278. The van der Waals surface area contributed by atoms with Gasteiger partial charge in [0.1, 0.15) is 0 Å². The average molecular weight is 580 g/mol. The number of nitrogens with two attached hydrogens (primary N) is 1. The lowest BCUT2D eigenvalue weighted by Crippen LogP contribution is -2.26. The Morgan fingerprint density at radius 2 is 1.32 bits per heavy atom. The van der Waals surface area contributed by atoms with E-state index in [1.54, 1.807) is 46.8 Å². The SMILES string of the molecule is COc1cc(C=NN=C(N)NN=Cc2cc(Br)c(OC)c(OC)c2)cc(Br)c1OC.Cl. The molecule has 0 aliphatic carbocycles. The van der Waals surface area contributed by atoms with Gasteiger partial charge in [-0.15, -0.1) is 17.5 Å². The van der Waals surface area contributed by atoms with Crippen LogP contribution < -0.4 is 30.1 Å².